The number of hydrogen-bond donors (Lipinski definition) is 0. The number of fused-ring (bicyclic) bond motifs is 5. The van der Waals surface area contributed by atoms with E-state index in [0.717, 1.165) is 32.1 Å². The number of alkyl halides is 1. The largest absolute Gasteiger partial charge is 0.462 e. The molecule has 0 spiro atoms. The van der Waals surface area contributed by atoms with Crippen molar-refractivity contribution >= 4 is 11.8 Å². The molecule has 0 aliphatic heterocycles. The molecule has 4 rings (SSSR count). The molecule has 0 aromatic carbocycles. The van der Waals surface area contributed by atoms with Crippen LogP contribution in [-0.4, -0.2) is 24.0 Å². The number of Topliss-reactive ketones (excluding diaryl/α,β-unsaturated/α-hetero) is 1. The van der Waals surface area contributed by atoms with Crippen LogP contribution in [0.4, 0.5) is 4.39 Å². The van der Waals surface area contributed by atoms with E-state index in [4.69, 9.17) is 4.74 Å². The Balaban J connectivity index is 1.58. The summed E-state index contributed by atoms with van der Waals surface area (Å²) in [6.45, 7) is 3.70. The van der Waals surface area contributed by atoms with E-state index in [1.54, 1.807) is 0 Å². The molecule has 0 unspecified atom stereocenters. The first-order chi connectivity index (χ1) is 11.4. The van der Waals surface area contributed by atoms with Crippen molar-refractivity contribution in [2.24, 2.45) is 35.0 Å². The molecule has 0 aromatic rings. The number of halogens is 1. The normalized spacial score (nSPS) is 50.6. The van der Waals surface area contributed by atoms with Crippen LogP contribution < -0.4 is 0 Å². The fourth-order valence-electron chi connectivity index (χ4n) is 6.97. The zero-order chi connectivity index (χ0) is 17.1. The van der Waals surface area contributed by atoms with E-state index in [0.29, 0.717) is 42.8 Å². The van der Waals surface area contributed by atoms with E-state index in [-0.39, 0.29) is 29.3 Å². The summed E-state index contributed by atoms with van der Waals surface area (Å²) in [5, 5.41) is 0. The predicted molar refractivity (Wildman–Crippen MR) is 88.0 cm³/mol. The summed E-state index contributed by atoms with van der Waals surface area (Å²) < 4.78 is 20.8. The van der Waals surface area contributed by atoms with E-state index in [2.05, 4.69) is 6.92 Å². The molecule has 0 aromatic heterocycles. The number of rotatable bonds is 1. The number of ether oxygens (including phenoxy) is 1. The molecule has 0 N–H and O–H groups in total. The van der Waals surface area contributed by atoms with Crippen LogP contribution in [0.1, 0.15) is 65.2 Å². The van der Waals surface area contributed by atoms with Crippen molar-refractivity contribution in [3.8, 4) is 0 Å². The molecule has 0 bridgehead atoms. The van der Waals surface area contributed by atoms with Crippen molar-refractivity contribution in [2.45, 2.75) is 77.5 Å². The number of carbonyl (C=O) groups is 2. The van der Waals surface area contributed by atoms with Crippen molar-refractivity contribution in [1.82, 2.24) is 0 Å². The highest BCUT2D eigenvalue weighted by Crippen LogP contribution is 2.63. The van der Waals surface area contributed by atoms with E-state index in [9.17, 15) is 9.59 Å². The van der Waals surface area contributed by atoms with Crippen molar-refractivity contribution in [2.75, 3.05) is 0 Å². The molecule has 4 saturated carbocycles. The Kier molecular flexibility index (Phi) is 4.00. The highest BCUT2D eigenvalue weighted by molar-refractivity contribution is 5.79. The molecular formula is C20H29FO3. The maximum absolute atomic E-state index is 15.2. The van der Waals surface area contributed by atoms with Gasteiger partial charge in [0.15, 0.2) is 0 Å². The first-order valence-electron chi connectivity index (χ1n) is 9.73. The van der Waals surface area contributed by atoms with Crippen LogP contribution >= 0.6 is 0 Å². The van der Waals surface area contributed by atoms with Gasteiger partial charge in [-0.2, -0.15) is 0 Å². The Hall–Kier alpha value is -0.930. The summed E-state index contributed by atoms with van der Waals surface area (Å²) >= 11 is 0. The fourth-order valence-corrected chi connectivity index (χ4v) is 6.97. The molecular weight excluding hydrogens is 307 g/mol. The quantitative estimate of drug-likeness (QED) is 0.678. The van der Waals surface area contributed by atoms with Crippen LogP contribution in [0.5, 0.6) is 0 Å². The van der Waals surface area contributed by atoms with E-state index >= 15 is 4.39 Å². The number of hydrogen-bond acceptors (Lipinski definition) is 3. The summed E-state index contributed by atoms with van der Waals surface area (Å²) in [5.74, 6) is 1.80. The Bertz CT molecular complexity index is 547. The highest BCUT2D eigenvalue weighted by Gasteiger charge is 2.60. The van der Waals surface area contributed by atoms with Gasteiger partial charge in [-0.05, 0) is 68.1 Å². The molecule has 4 fully saturated rings. The lowest BCUT2D eigenvalue weighted by molar-refractivity contribution is -0.160. The summed E-state index contributed by atoms with van der Waals surface area (Å²) in [6, 6.07) is 0. The second-order valence-electron chi connectivity index (χ2n) is 9.02. The van der Waals surface area contributed by atoms with E-state index in [1.807, 2.05) is 0 Å². The highest BCUT2D eigenvalue weighted by atomic mass is 19.1. The molecule has 4 heteroatoms. The van der Waals surface area contributed by atoms with Gasteiger partial charge >= 0.3 is 5.97 Å². The smallest absolute Gasteiger partial charge is 0.302 e. The SMILES string of the molecule is CC(=O)O[C@H]1CC[C@H]2[C@H]3[C@H](CC[C@]12C)[C@H]1CCC(=O)C[C@@H]1C[C@H]3F. The van der Waals surface area contributed by atoms with Crippen LogP contribution in [0.3, 0.4) is 0 Å². The third-order valence-corrected chi connectivity index (χ3v) is 7.95. The summed E-state index contributed by atoms with van der Waals surface area (Å²) in [7, 11) is 0. The van der Waals surface area contributed by atoms with Crippen LogP contribution in [0.25, 0.3) is 0 Å². The van der Waals surface area contributed by atoms with Gasteiger partial charge in [0.1, 0.15) is 18.1 Å². The Morgan fingerprint density at radius 2 is 2.00 bits per heavy atom. The van der Waals surface area contributed by atoms with Crippen molar-refractivity contribution in [3.05, 3.63) is 0 Å². The first kappa shape index (κ1) is 16.5. The summed E-state index contributed by atoms with van der Waals surface area (Å²) in [6.07, 6.45) is 5.92. The van der Waals surface area contributed by atoms with E-state index in [1.165, 1.54) is 6.92 Å². The fraction of sp³-hybridized carbons (Fsp3) is 0.900. The van der Waals surface area contributed by atoms with Gasteiger partial charge in [-0.25, -0.2) is 4.39 Å². The Morgan fingerprint density at radius 3 is 2.75 bits per heavy atom. The lowest BCUT2D eigenvalue weighted by Gasteiger charge is -2.56. The van der Waals surface area contributed by atoms with Crippen LogP contribution in [-0.2, 0) is 14.3 Å². The zero-order valence-electron chi connectivity index (χ0n) is 14.8. The molecule has 0 amide bonds. The number of esters is 1. The average Bonchev–Trinajstić information content (AvgIpc) is 2.83. The van der Waals surface area contributed by atoms with Crippen LogP contribution in [0.2, 0.25) is 0 Å². The maximum Gasteiger partial charge on any atom is 0.302 e. The van der Waals surface area contributed by atoms with Gasteiger partial charge in [-0.15, -0.1) is 0 Å². The zero-order valence-corrected chi connectivity index (χ0v) is 14.8. The molecule has 0 radical (unpaired) electrons. The molecule has 4 aliphatic carbocycles. The van der Waals surface area contributed by atoms with Crippen molar-refractivity contribution in [3.63, 3.8) is 0 Å². The molecule has 4 aliphatic rings. The van der Waals surface area contributed by atoms with Crippen LogP contribution in [0.15, 0.2) is 0 Å². The molecule has 0 heterocycles. The molecule has 8 atom stereocenters. The second kappa shape index (κ2) is 5.81. The molecule has 0 saturated heterocycles. The van der Waals surface area contributed by atoms with Crippen LogP contribution in [0, 0.1) is 35.0 Å². The maximum atomic E-state index is 15.2. The lowest BCUT2D eigenvalue weighted by atomic mass is 9.50. The third-order valence-electron chi connectivity index (χ3n) is 7.95. The second-order valence-corrected chi connectivity index (χ2v) is 9.02. The van der Waals surface area contributed by atoms with Gasteiger partial charge in [-0.1, -0.05) is 6.92 Å². The topological polar surface area (TPSA) is 43.4 Å². The molecule has 24 heavy (non-hydrogen) atoms. The van der Waals surface area contributed by atoms with Gasteiger partial charge in [0, 0.05) is 25.2 Å². The Labute approximate surface area is 143 Å². The Morgan fingerprint density at radius 1 is 1.21 bits per heavy atom. The van der Waals surface area contributed by atoms with Gasteiger partial charge in [0.2, 0.25) is 0 Å². The summed E-state index contributed by atoms with van der Waals surface area (Å²) in [5.41, 5.74) is -0.0610. The monoisotopic (exact) mass is 336 g/mol. The number of carbonyl (C=O) groups excluding carboxylic acids is 2. The molecule has 134 valence electrons. The minimum absolute atomic E-state index is 0.0428. The summed E-state index contributed by atoms with van der Waals surface area (Å²) in [4.78, 5) is 23.2. The average molecular weight is 336 g/mol. The lowest BCUT2D eigenvalue weighted by Crippen LogP contribution is -2.54. The predicted octanol–water partition coefficient (Wildman–Crippen LogP) is 4.09. The minimum atomic E-state index is -0.789. The first-order valence-corrected chi connectivity index (χ1v) is 9.73. The van der Waals surface area contributed by atoms with Gasteiger partial charge < -0.3 is 4.74 Å². The van der Waals surface area contributed by atoms with Gasteiger partial charge in [0.25, 0.3) is 0 Å². The van der Waals surface area contributed by atoms with Crippen molar-refractivity contribution in [1.29, 1.82) is 0 Å². The standard InChI is InChI=1S/C20H29FO3/c1-11(22)24-18-6-5-16-19-15(7-8-20(16,18)2)14-4-3-13(23)9-12(14)10-17(19)21/h12,14-19H,3-10H2,1-2H3/t12-,14+,15-,16+,17-,18+,19-,20+/m1/s1. The van der Waals surface area contributed by atoms with Crippen molar-refractivity contribution < 1.29 is 18.7 Å². The van der Waals surface area contributed by atoms with E-state index < -0.39 is 6.17 Å². The molecule has 3 nitrogen and oxygen atoms in total. The third kappa shape index (κ3) is 2.43. The minimum Gasteiger partial charge on any atom is -0.462 e. The van der Waals surface area contributed by atoms with Gasteiger partial charge in [-0.3, -0.25) is 9.59 Å². The van der Waals surface area contributed by atoms with Gasteiger partial charge in [0.05, 0.1) is 0 Å². The number of ketones is 1.